The molecule has 7 heteroatoms. The maximum atomic E-state index is 10.8. The number of nitrogens with two attached hydrogens (primary N) is 1. The molecule has 0 amide bonds. The minimum Gasteiger partial charge on any atom is -0.489 e. The van der Waals surface area contributed by atoms with Crippen molar-refractivity contribution in [2.75, 3.05) is 5.43 Å². The lowest BCUT2D eigenvalue weighted by Gasteiger charge is -2.11. The standard InChI is InChI=1S/C14H15N3O4/c15-16-14-5-4-12(17(19)20)7-11(14)9-21-13-3-1-2-10(6-13)8-18/h1-7,16,18H,8-9,15H2. The number of nitro groups is 1. The molecule has 0 atom stereocenters. The number of nitrogens with one attached hydrogen (secondary N) is 1. The van der Waals surface area contributed by atoms with Gasteiger partial charge in [-0.05, 0) is 23.8 Å². The summed E-state index contributed by atoms with van der Waals surface area (Å²) < 4.78 is 5.58. The Morgan fingerprint density at radius 2 is 2.10 bits per heavy atom. The van der Waals surface area contributed by atoms with Crippen molar-refractivity contribution < 1.29 is 14.8 Å². The van der Waals surface area contributed by atoms with E-state index in [2.05, 4.69) is 5.43 Å². The molecule has 0 unspecified atom stereocenters. The molecule has 0 bridgehead atoms. The van der Waals surface area contributed by atoms with Gasteiger partial charge >= 0.3 is 0 Å². The van der Waals surface area contributed by atoms with Crippen LogP contribution in [-0.4, -0.2) is 10.0 Å². The molecule has 0 saturated heterocycles. The molecular weight excluding hydrogens is 274 g/mol. The van der Waals surface area contributed by atoms with Crippen molar-refractivity contribution in [3.8, 4) is 5.75 Å². The van der Waals surface area contributed by atoms with Crippen LogP contribution in [0, 0.1) is 10.1 Å². The van der Waals surface area contributed by atoms with Crippen LogP contribution in [0.4, 0.5) is 11.4 Å². The summed E-state index contributed by atoms with van der Waals surface area (Å²) in [6, 6.07) is 11.3. The molecule has 0 aliphatic carbocycles. The summed E-state index contributed by atoms with van der Waals surface area (Å²) in [6.45, 7) is 0.0414. The van der Waals surface area contributed by atoms with E-state index in [0.717, 1.165) is 5.56 Å². The molecule has 0 aromatic heterocycles. The topological polar surface area (TPSA) is 111 Å². The van der Waals surface area contributed by atoms with Crippen LogP contribution in [0.2, 0.25) is 0 Å². The van der Waals surface area contributed by atoms with E-state index in [9.17, 15) is 10.1 Å². The molecule has 2 rings (SSSR count). The van der Waals surface area contributed by atoms with Crippen molar-refractivity contribution in [2.45, 2.75) is 13.2 Å². The third kappa shape index (κ3) is 3.68. The van der Waals surface area contributed by atoms with Crippen LogP contribution in [0.1, 0.15) is 11.1 Å². The van der Waals surface area contributed by atoms with Crippen LogP contribution in [0.3, 0.4) is 0 Å². The van der Waals surface area contributed by atoms with Gasteiger partial charge in [0.25, 0.3) is 5.69 Å². The number of nitrogen functional groups attached to an aromatic ring is 1. The van der Waals surface area contributed by atoms with E-state index in [1.807, 2.05) is 0 Å². The Balaban J connectivity index is 2.17. The lowest BCUT2D eigenvalue weighted by atomic mass is 10.1. The van der Waals surface area contributed by atoms with Crippen molar-refractivity contribution >= 4 is 11.4 Å². The van der Waals surface area contributed by atoms with Gasteiger partial charge in [0, 0.05) is 17.7 Å². The summed E-state index contributed by atoms with van der Waals surface area (Å²) in [5.74, 6) is 5.95. The van der Waals surface area contributed by atoms with Gasteiger partial charge in [-0.2, -0.15) is 0 Å². The Bertz CT molecular complexity index is 646. The van der Waals surface area contributed by atoms with E-state index < -0.39 is 4.92 Å². The van der Waals surface area contributed by atoms with Gasteiger partial charge in [0.1, 0.15) is 12.4 Å². The zero-order chi connectivity index (χ0) is 15.2. The Kier molecular flexibility index (Phi) is 4.70. The minimum atomic E-state index is -0.476. The second-order valence-electron chi connectivity index (χ2n) is 4.34. The largest absolute Gasteiger partial charge is 0.489 e. The molecule has 7 nitrogen and oxygen atoms in total. The second kappa shape index (κ2) is 6.69. The summed E-state index contributed by atoms with van der Waals surface area (Å²) in [4.78, 5) is 10.3. The van der Waals surface area contributed by atoms with Crippen LogP contribution < -0.4 is 16.0 Å². The van der Waals surface area contributed by atoms with Gasteiger partial charge in [-0.15, -0.1) is 0 Å². The highest BCUT2D eigenvalue weighted by atomic mass is 16.6. The van der Waals surface area contributed by atoms with Crippen molar-refractivity contribution in [1.29, 1.82) is 0 Å². The Hall–Kier alpha value is -2.64. The fraction of sp³-hybridized carbons (Fsp3) is 0.143. The molecule has 110 valence electrons. The average molecular weight is 289 g/mol. The van der Waals surface area contributed by atoms with E-state index in [-0.39, 0.29) is 18.9 Å². The number of hydrazine groups is 1. The van der Waals surface area contributed by atoms with Crippen molar-refractivity contribution in [2.24, 2.45) is 5.84 Å². The maximum Gasteiger partial charge on any atom is 0.269 e. The summed E-state index contributed by atoms with van der Waals surface area (Å²) in [5, 5.41) is 19.9. The summed E-state index contributed by atoms with van der Waals surface area (Å²) in [7, 11) is 0. The molecule has 2 aromatic rings. The monoisotopic (exact) mass is 289 g/mol. The maximum absolute atomic E-state index is 10.8. The van der Waals surface area contributed by atoms with Crippen LogP contribution in [-0.2, 0) is 13.2 Å². The zero-order valence-corrected chi connectivity index (χ0v) is 11.2. The number of nitrogens with zero attached hydrogens (tertiary/aromatic N) is 1. The van der Waals surface area contributed by atoms with Gasteiger partial charge < -0.3 is 15.3 Å². The molecule has 0 saturated carbocycles. The number of anilines is 1. The zero-order valence-electron chi connectivity index (χ0n) is 11.2. The first-order chi connectivity index (χ1) is 10.1. The number of nitro benzene ring substituents is 1. The van der Waals surface area contributed by atoms with Gasteiger partial charge in [-0.1, -0.05) is 12.1 Å². The number of benzene rings is 2. The fourth-order valence-electron chi connectivity index (χ4n) is 1.85. The number of rotatable bonds is 6. The molecule has 0 heterocycles. The SMILES string of the molecule is NNc1ccc([N+](=O)[O-])cc1COc1cccc(CO)c1. The first kappa shape index (κ1) is 14.8. The van der Waals surface area contributed by atoms with Gasteiger partial charge in [-0.25, -0.2) is 0 Å². The van der Waals surface area contributed by atoms with Gasteiger partial charge in [0.05, 0.1) is 17.2 Å². The highest BCUT2D eigenvalue weighted by Crippen LogP contribution is 2.23. The Labute approximate surface area is 121 Å². The predicted molar refractivity (Wildman–Crippen MR) is 77.6 cm³/mol. The smallest absolute Gasteiger partial charge is 0.269 e. The van der Waals surface area contributed by atoms with Crippen LogP contribution in [0.25, 0.3) is 0 Å². The van der Waals surface area contributed by atoms with E-state index in [0.29, 0.717) is 17.0 Å². The van der Waals surface area contributed by atoms with Crippen LogP contribution in [0.15, 0.2) is 42.5 Å². The van der Waals surface area contributed by atoms with Gasteiger partial charge in [0.15, 0.2) is 0 Å². The average Bonchev–Trinajstić information content (AvgIpc) is 2.52. The van der Waals surface area contributed by atoms with Crippen LogP contribution in [0.5, 0.6) is 5.75 Å². The third-order valence-electron chi connectivity index (χ3n) is 2.93. The molecule has 0 fully saturated rings. The number of hydrogen-bond donors (Lipinski definition) is 3. The Morgan fingerprint density at radius 3 is 2.76 bits per heavy atom. The molecule has 21 heavy (non-hydrogen) atoms. The van der Waals surface area contributed by atoms with Crippen molar-refractivity contribution in [3.63, 3.8) is 0 Å². The molecule has 0 spiro atoms. The predicted octanol–water partition coefficient (Wildman–Crippen LogP) is 1.95. The van der Waals surface area contributed by atoms with Crippen LogP contribution >= 0.6 is 0 Å². The molecule has 4 N–H and O–H groups in total. The molecule has 0 aliphatic heterocycles. The normalized spacial score (nSPS) is 10.2. The second-order valence-corrected chi connectivity index (χ2v) is 4.34. The highest BCUT2D eigenvalue weighted by Gasteiger charge is 2.11. The van der Waals surface area contributed by atoms with E-state index in [1.54, 1.807) is 24.3 Å². The number of ether oxygens (including phenoxy) is 1. The summed E-state index contributed by atoms with van der Waals surface area (Å²) >= 11 is 0. The number of non-ortho nitro benzene ring substituents is 1. The molecule has 0 radical (unpaired) electrons. The number of aliphatic hydroxyl groups is 1. The first-order valence-electron chi connectivity index (χ1n) is 6.20. The fourth-order valence-corrected chi connectivity index (χ4v) is 1.85. The minimum absolute atomic E-state index is 0.0308. The quantitative estimate of drug-likeness (QED) is 0.426. The lowest BCUT2D eigenvalue weighted by molar-refractivity contribution is -0.384. The molecular formula is C14H15N3O4. The molecule has 2 aromatic carbocycles. The van der Waals surface area contributed by atoms with E-state index in [1.165, 1.54) is 18.2 Å². The first-order valence-corrected chi connectivity index (χ1v) is 6.20. The van der Waals surface area contributed by atoms with Crippen molar-refractivity contribution in [1.82, 2.24) is 0 Å². The van der Waals surface area contributed by atoms with Crippen molar-refractivity contribution in [3.05, 3.63) is 63.7 Å². The Morgan fingerprint density at radius 1 is 1.29 bits per heavy atom. The number of hydrogen-bond acceptors (Lipinski definition) is 6. The number of aliphatic hydroxyl groups excluding tert-OH is 1. The summed E-state index contributed by atoms with van der Waals surface area (Å²) in [6.07, 6.45) is 0. The van der Waals surface area contributed by atoms with Gasteiger partial charge in [0.2, 0.25) is 0 Å². The highest BCUT2D eigenvalue weighted by molar-refractivity contribution is 5.55. The third-order valence-corrected chi connectivity index (χ3v) is 2.93. The van der Waals surface area contributed by atoms with E-state index in [4.69, 9.17) is 15.7 Å². The summed E-state index contributed by atoms with van der Waals surface area (Å²) in [5.41, 5.74) is 4.30. The van der Waals surface area contributed by atoms with E-state index >= 15 is 0 Å². The molecule has 0 aliphatic rings. The van der Waals surface area contributed by atoms with Gasteiger partial charge in [-0.3, -0.25) is 16.0 Å². The lowest BCUT2D eigenvalue weighted by Crippen LogP contribution is -2.10.